The number of benzene rings is 1. The number of rotatable bonds is 5. The molecule has 0 fully saturated rings. The van der Waals surface area contributed by atoms with E-state index in [4.69, 9.17) is 5.73 Å². The molecular formula is C14H15N3O. The highest BCUT2D eigenvalue weighted by molar-refractivity contribution is 5.93. The molecule has 0 bridgehead atoms. The van der Waals surface area contributed by atoms with Crippen LogP contribution in [-0.4, -0.2) is 17.4 Å². The molecule has 2 aromatic rings. The Kier molecular flexibility index (Phi) is 3.91. The normalized spacial score (nSPS) is 10.0. The van der Waals surface area contributed by atoms with Crippen LogP contribution in [0, 0.1) is 0 Å². The Morgan fingerprint density at radius 3 is 2.72 bits per heavy atom. The summed E-state index contributed by atoms with van der Waals surface area (Å²) in [5, 5.41) is 3.26. The fraction of sp³-hybridized carbons (Fsp3) is 0.143. The summed E-state index contributed by atoms with van der Waals surface area (Å²) in [7, 11) is 0. The molecule has 0 aliphatic carbocycles. The summed E-state index contributed by atoms with van der Waals surface area (Å²) in [6.45, 7) is 0.798. The minimum absolute atomic E-state index is 0.409. The minimum Gasteiger partial charge on any atom is -0.385 e. The monoisotopic (exact) mass is 241 g/mol. The van der Waals surface area contributed by atoms with Gasteiger partial charge in [-0.2, -0.15) is 0 Å². The van der Waals surface area contributed by atoms with Gasteiger partial charge in [-0.1, -0.05) is 6.07 Å². The number of hydrogen-bond acceptors (Lipinski definition) is 3. The van der Waals surface area contributed by atoms with Gasteiger partial charge in [0.05, 0.1) is 0 Å². The number of nitrogens with zero attached hydrogens (tertiary/aromatic N) is 1. The second-order valence-electron chi connectivity index (χ2n) is 3.98. The Labute approximate surface area is 106 Å². The molecule has 92 valence electrons. The standard InChI is InChI=1S/C14H15N3O/c15-14(18)12-2-1-3-13(10-12)17-9-6-11-4-7-16-8-5-11/h1-5,7-8,10,17H,6,9H2,(H2,15,18). The molecule has 2 rings (SSSR count). The van der Waals surface area contributed by atoms with Gasteiger partial charge >= 0.3 is 0 Å². The smallest absolute Gasteiger partial charge is 0.248 e. The number of aromatic nitrogens is 1. The number of amides is 1. The predicted molar refractivity (Wildman–Crippen MR) is 71.4 cm³/mol. The summed E-state index contributed by atoms with van der Waals surface area (Å²) in [5.74, 6) is -0.409. The van der Waals surface area contributed by atoms with Gasteiger partial charge < -0.3 is 11.1 Å². The molecule has 0 aliphatic heterocycles. The van der Waals surface area contributed by atoms with Crippen LogP contribution in [0.5, 0.6) is 0 Å². The van der Waals surface area contributed by atoms with E-state index in [0.29, 0.717) is 5.56 Å². The number of anilines is 1. The molecule has 0 spiro atoms. The van der Waals surface area contributed by atoms with E-state index in [2.05, 4.69) is 10.3 Å². The highest BCUT2D eigenvalue weighted by Crippen LogP contribution is 2.10. The second kappa shape index (κ2) is 5.82. The zero-order valence-electron chi connectivity index (χ0n) is 9.97. The van der Waals surface area contributed by atoms with E-state index in [9.17, 15) is 4.79 Å². The third-order valence-corrected chi connectivity index (χ3v) is 2.64. The lowest BCUT2D eigenvalue weighted by Gasteiger charge is -2.07. The van der Waals surface area contributed by atoms with Crippen LogP contribution in [0.3, 0.4) is 0 Å². The summed E-state index contributed by atoms with van der Waals surface area (Å²) >= 11 is 0. The summed E-state index contributed by atoms with van der Waals surface area (Å²) in [6, 6.07) is 11.2. The molecule has 1 aromatic carbocycles. The van der Waals surface area contributed by atoms with Gasteiger partial charge in [-0.05, 0) is 42.3 Å². The van der Waals surface area contributed by atoms with Gasteiger partial charge in [-0.3, -0.25) is 9.78 Å². The Morgan fingerprint density at radius 2 is 2.00 bits per heavy atom. The van der Waals surface area contributed by atoms with E-state index in [-0.39, 0.29) is 0 Å². The Bertz CT molecular complexity index is 526. The predicted octanol–water partition coefficient (Wildman–Crippen LogP) is 1.84. The molecule has 4 nitrogen and oxygen atoms in total. The zero-order chi connectivity index (χ0) is 12.8. The average molecular weight is 241 g/mol. The molecule has 0 atom stereocenters. The van der Waals surface area contributed by atoms with Crippen molar-refractivity contribution in [2.24, 2.45) is 5.73 Å². The number of carbonyl (C=O) groups is 1. The van der Waals surface area contributed by atoms with E-state index in [1.165, 1.54) is 5.56 Å². The molecule has 0 unspecified atom stereocenters. The maximum absolute atomic E-state index is 11.0. The highest BCUT2D eigenvalue weighted by atomic mass is 16.1. The fourth-order valence-electron chi connectivity index (χ4n) is 1.68. The largest absolute Gasteiger partial charge is 0.385 e. The number of hydrogen-bond donors (Lipinski definition) is 2. The van der Waals surface area contributed by atoms with Gasteiger partial charge in [0.15, 0.2) is 0 Å². The summed E-state index contributed by atoms with van der Waals surface area (Å²) in [5.41, 5.74) is 7.87. The van der Waals surface area contributed by atoms with Crippen molar-refractivity contribution in [3.63, 3.8) is 0 Å². The van der Waals surface area contributed by atoms with Crippen LogP contribution >= 0.6 is 0 Å². The number of nitrogens with two attached hydrogens (primary N) is 1. The molecule has 1 aromatic heterocycles. The molecule has 4 heteroatoms. The quantitative estimate of drug-likeness (QED) is 0.839. The lowest BCUT2D eigenvalue weighted by Crippen LogP contribution is -2.11. The van der Waals surface area contributed by atoms with Crippen molar-refractivity contribution in [3.05, 3.63) is 59.9 Å². The number of pyridine rings is 1. The van der Waals surface area contributed by atoms with Gasteiger partial charge in [0.1, 0.15) is 0 Å². The van der Waals surface area contributed by atoms with E-state index < -0.39 is 5.91 Å². The Morgan fingerprint density at radius 1 is 1.22 bits per heavy atom. The van der Waals surface area contributed by atoms with Gasteiger partial charge in [0, 0.05) is 30.2 Å². The topological polar surface area (TPSA) is 68.0 Å². The minimum atomic E-state index is -0.409. The maximum atomic E-state index is 11.0. The third kappa shape index (κ3) is 3.31. The molecule has 0 saturated heterocycles. The van der Waals surface area contributed by atoms with Crippen LogP contribution in [-0.2, 0) is 6.42 Å². The van der Waals surface area contributed by atoms with E-state index >= 15 is 0 Å². The van der Waals surface area contributed by atoms with Crippen molar-refractivity contribution >= 4 is 11.6 Å². The molecule has 1 heterocycles. The first-order chi connectivity index (χ1) is 8.75. The Hall–Kier alpha value is -2.36. The highest BCUT2D eigenvalue weighted by Gasteiger charge is 2.00. The van der Waals surface area contributed by atoms with Crippen molar-refractivity contribution in [1.29, 1.82) is 0 Å². The molecule has 0 radical (unpaired) electrons. The van der Waals surface area contributed by atoms with Gasteiger partial charge in [-0.15, -0.1) is 0 Å². The number of carbonyl (C=O) groups excluding carboxylic acids is 1. The molecule has 1 amide bonds. The van der Waals surface area contributed by atoms with Crippen LogP contribution < -0.4 is 11.1 Å². The SMILES string of the molecule is NC(=O)c1cccc(NCCc2ccncc2)c1. The number of primary amides is 1. The average Bonchev–Trinajstić information content (AvgIpc) is 2.40. The summed E-state index contributed by atoms with van der Waals surface area (Å²) in [4.78, 5) is 15.0. The van der Waals surface area contributed by atoms with E-state index in [1.54, 1.807) is 24.5 Å². The van der Waals surface area contributed by atoms with Crippen molar-refractivity contribution in [2.75, 3.05) is 11.9 Å². The fourth-order valence-corrected chi connectivity index (χ4v) is 1.68. The van der Waals surface area contributed by atoms with Gasteiger partial charge in [-0.25, -0.2) is 0 Å². The molecular weight excluding hydrogens is 226 g/mol. The van der Waals surface area contributed by atoms with Crippen LogP contribution in [0.1, 0.15) is 15.9 Å². The van der Waals surface area contributed by atoms with Crippen molar-refractivity contribution in [1.82, 2.24) is 4.98 Å². The van der Waals surface area contributed by atoms with E-state index in [0.717, 1.165) is 18.7 Å². The van der Waals surface area contributed by atoms with Crippen LogP contribution in [0.25, 0.3) is 0 Å². The first-order valence-corrected chi connectivity index (χ1v) is 5.78. The zero-order valence-corrected chi connectivity index (χ0v) is 9.97. The molecule has 18 heavy (non-hydrogen) atoms. The third-order valence-electron chi connectivity index (χ3n) is 2.64. The van der Waals surface area contributed by atoms with Crippen LogP contribution in [0.15, 0.2) is 48.8 Å². The molecule has 0 saturated carbocycles. The first-order valence-electron chi connectivity index (χ1n) is 5.78. The Balaban J connectivity index is 1.90. The lowest BCUT2D eigenvalue weighted by molar-refractivity contribution is 0.100. The summed E-state index contributed by atoms with van der Waals surface area (Å²) < 4.78 is 0. The molecule has 3 N–H and O–H groups in total. The van der Waals surface area contributed by atoms with Crippen molar-refractivity contribution in [2.45, 2.75) is 6.42 Å². The van der Waals surface area contributed by atoms with Gasteiger partial charge in [0.2, 0.25) is 5.91 Å². The van der Waals surface area contributed by atoms with E-state index in [1.807, 2.05) is 24.3 Å². The van der Waals surface area contributed by atoms with Gasteiger partial charge in [0.25, 0.3) is 0 Å². The summed E-state index contributed by atoms with van der Waals surface area (Å²) in [6.07, 6.45) is 4.47. The van der Waals surface area contributed by atoms with Crippen LogP contribution in [0.4, 0.5) is 5.69 Å². The molecule has 0 aliphatic rings. The first kappa shape index (κ1) is 12.1. The van der Waals surface area contributed by atoms with Crippen LogP contribution in [0.2, 0.25) is 0 Å². The number of nitrogens with one attached hydrogen (secondary N) is 1. The maximum Gasteiger partial charge on any atom is 0.248 e. The lowest BCUT2D eigenvalue weighted by atomic mass is 10.1. The van der Waals surface area contributed by atoms with Crippen molar-refractivity contribution < 1.29 is 4.79 Å². The second-order valence-corrected chi connectivity index (χ2v) is 3.98. The van der Waals surface area contributed by atoms with Crippen molar-refractivity contribution in [3.8, 4) is 0 Å².